The molecular weight excluding hydrogens is 613 g/mol. The molecule has 236 valence electrons. The number of aromatic nitrogens is 1. The molecule has 5 nitrogen and oxygen atoms in total. The van der Waals surface area contributed by atoms with Gasteiger partial charge in [-0.05, 0) is 77.7 Å². The van der Waals surface area contributed by atoms with Crippen LogP contribution in [0.1, 0.15) is 29.5 Å². The fourth-order valence-electron chi connectivity index (χ4n) is 7.24. The first-order chi connectivity index (χ1) is 24.7. The van der Waals surface area contributed by atoms with E-state index in [1.807, 2.05) is 42.5 Å². The number of nitrogens with two attached hydrogens (primary N) is 1. The topological polar surface area (TPSA) is 80.2 Å². The number of rotatable bonds is 6. The largest absolute Gasteiger partial charge is 0.456 e. The maximum absolute atomic E-state index is 10.8. The Morgan fingerprint density at radius 2 is 1.70 bits per heavy atom. The second-order valence-electron chi connectivity index (χ2n) is 12.6. The minimum atomic E-state index is 0.269. The molecule has 0 spiro atoms. The molecule has 1 aliphatic rings. The molecule has 0 radical (unpaired) electrons. The third kappa shape index (κ3) is 4.93. The Kier molecular flexibility index (Phi) is 7.04. The fraction of sp³-hybridized carbons (Fsp3) is 0.0667. The van der Waals surface area contributed by atoms with Crippen molar-refractivity contribution in [3.8, 4) is 6.07 Å². The van der Waals surface area contributed by atoms with E-state index in [4.69, 9.17) is 15.1 Å². The summed E-state index contributed by atoms with van der Waals surface area (Å²) < 4.78 is 8.90. The lowest BCUT2D eigenvalue weighted by molar-refractivity contribution is 0.669. The van der Waals surface area contributed by atoms with E-state index in [1.165, 1.54) is 11.1 Å². The maximum atomic E-state index is 10.8. The Morgan fingerprint density at radius 1 is 0.820 bits per heavy atom. The molecule has 0 saturated heterocycles. The lowest BCUT2D eigenvalue weighted by Gasteiger charge is -2.12. The number of hydrogen-bond acceptors (Lipinski definition) is 3. The van der Waals surface area contributed by atoms with E-state index >= 15 is 0 Å². The number of fused-ring (bicyclic) bond motifs is 7. The lowest BCUT2D eigenvalue weighted by atomic mass is 9.96. The first kappa shape index (κ1) is 29.3. The van der Waals surface area contributed by atoms with Gasteiger partial charge in [0.05, 0.1) is 33.9 Å². The van der Waals surface area contributed by atoms with Crippen molar-refractivity contribution in [1.29, 1.82) is 5.26 Å². The molecule has 2 heterocycles. The van der Waals surface area contributed by atoms with Gasteiger partial charge < -0.3 is 14.7 Å². The molecule has 1 aliphatic carbocycles. The smallest absolute Gasteiger partial charge is 0.139 e. The number of para-hydroxylation sites is 1. The maximum Gasteiger partial charge on any atom is 0.139 e. The number of aliphatic imine (C=N–C) groups is 1. The average Bonchev–Trinajstić information content (AvgIpc) is 3.70. The Balaban J connectivity index is 1.26. The SMILES string of the molecule is N#C/C(Cc1cccc2oc3cc4c5ccccc5n(C5=CCCC=C5)c4cc3c12)=C(/N=C(N)c1c#cccc1)c1ccc2ccccc2c1. The van der Waals surface area contributed by atoms with Gasteiger partial charge in [-0.1, -0.05) is 97.1 Å². The zero-order chi connectivity index (χ0) is 33.6. The van der Waals surface area contributed by atoms with Crippen molar-refractivity contribution in [2.45, 2.75) is 19.3 Å². The number of amidine groups is 1. The van der Waals surface area contributed by atoms with Gasteiger partial charge >= 0.3 is 0 Å². The van der Waals surface area contributed by atoms with Gasteiger partial charge in [0.1, 0.15) is 17.0 Å². The first-order valence-electron chi connectivity index (χ1n) is 16.8. The molecule has 2 N–H and O–H groups in total. The molecule has 8 aromatic rings. The number of benzene rings is 5. The Morgan fingerprint density at radius 3 is 2.54 bits per heavy atom. The fourth-order valence-corrected chi connectivity index (χ4v) is 7.24. The second-order valence-corrected chi connectivity index (χ2v) is 12.6. The highest BCUT2D eigenvalue weighted by atomic mass is 16.3. The Bertz CT molecular complexity index is 2800. The van der Waals surface area contributed by atoms with Gasteiger partial charge in [-0.2, -0.15) is 5.26 Å². The predicted octanol–water partition coefficient (Wildman–Crippen LogP) is 10.5. The van der Waals surface area contributed by atoms with Gasteiger partial charge in [0.15, 0.2) is 0 Å². The molecule has 9 rings (SSSR count). The van der Waals surface area contributed by atoms with Crippen LogP contribution in [0.25, 0.3) is 65.9 Å². The zero-order valence-electron chi connectivity index (χ0n) is 27.2. The summed E-state index contributed by atoms with van der Waals surface area (Å²) in [5, 5.41) is 17.3. The van der Waals surface area contributed by atoms with E-state index in [-0.39, 0.29) is 5.84 Å². The van der Waals surface area contributed by atoms with E-state index in [0.29, 0.717) is 23.3 Å². The van der Waals surface area contributed by atoms with E-state index < -0.39 is 0 Å². The quantitative estimate of drug-likeness (QED) is 0.111. The van der Waals surface area contributed by atoms with Crippen molar-refractivity contribution in [3.63, 3.8) is 0 Å². The van der Waals surface area contributed by atoms with Crippen LogP contribution in [0.5, 0.6) is 0 Å². The highest BCUT2D eigenvalue weighted by Crippen LogP contribution is 2.40. The van der Waals surface area contributed by atoms with Gasteiger partial charge in [0, 0.05) is 39.2 Å². The second kappa shape index (κ2) is 12.0. The van der Waals surface area contributed by atoms with Crippen molar-refractivity contribution in [2.75, 3.05) is 0 Å². The van der Waals surface area contributed by atoms with Crippen LogP contribution in [0.15, 0.2) is 148 Å². The molecule has 0 atom stereocenters. The molecule has 0 fully saturated rings. The third-order valence-corrected chi connectivity index (χ3v) is 9.58. The van der Waals surface area contributed by atoms with Gasteiger partial charge in [-0.25, -0.2) is 4.99 Å². The molecular formula is C45H30N4O. The first-order valence-corrected chi connectivity index (χ1v) is 16.8. The van der Waals surface area contributed by atoms with Crippen molar-refractivity contribution in [1.82, 2.24) is 4.57 Å². The normalized spacial score (nSPS) is 13.9. The van der Waals surface area contributed by atoms with E-state index in [9.17, 15) is 5.26 Å². The average molecular weight is 643 g/mol. The molecule has 6 aromatic carbocycles. The van der Waals surface area contributed by atoms with Crippen LogP contribution >= 0.6 is 0 Å². The minimum Gasteiger partial charge on any atom is -0.456 e. The van der Waals surface area contributed by atoms with Crippen LogP contribution in [-0.2, 0) is 6.42 Å². The van der Waals surface area contributed by atoms with Crippen LogP contribution in [0.2, 0.25) is 0 Å². The summed E-state index contributed by atoms with van der Waals surface area (Å²) in [6.07, 6.45) is 9.16. The van der Waals surface area contributed by atoms with Crippen LogP contribution in [0.3, 0.4) is 0 Å². The number of allylic oxidation sites excluding steroid dienone is 5. The van der Waals surface area contributed by atoms with Crippen molar-refractivity contribution in [3.05, 3.63) is 168 Å². The van der Waals surface area contributed by atoms with E-state index in [2.05, 4.69) is 108 Å². The van der Waals surface area contributed by atoms with Crippen LogP contribution in [-0.4, -0.2) is 10.4 Å². The van der Waals surface area contributed by atoms with Crippen LogP contribution < -0.4 is 5.73 Å². The monoisotopic (exact) mass is 642 g/mol. The highest BCUT2D eigenvalue weighted by molar-refractivity contribution is 6.18. The number of furan rings is 1. The molecule has 0 amide bonds. The summed E-state index contributed by atoms with van der Waals surface area (Å²) in [5.74, 6) is 0.269. The molecule has 5 heteroatoms. The summed E-state index contributed by atoms with van der Waals surface area (Å²) >= 11 is 0. The summed E-state index contributed by atoms with van der Waals surface area (Å²) in [4.78, 5) is 4.91. The minimum absolute atomic E-state index is 0.269. The Labute approximate surface area is 289 Å². The predicted molar refractivity (Wildman–Crippen MR) is 204 cm³/mol. The highest BCUT2D eigenvalue weighted by Gasteiger charge is 2.20. The standard InChI is InChI=1S/C45H30N4O/c46-28-34(44(48-45(47)30-13-3-1-4-14-30)33-23-22-29-12-7-8-15-31(29)24-33)25-32-16-11-21-41-43(32)38-26-40-37(27-42(38)50-41)36-19-9-10-20-39(36)49(40)35-17-5-2-6-18-35/h1,3,5,7-13,15-24,26-27H,2,6,25H2,(H2,47,48)/b44-34+. The zero-order valence-corrected chi connectivity index (χ0v) is 27.2. The molecule has 0 unspecified atom stereocenters. The van der Waals surface area contributed by atoms with Crippen LogP contribution in [0.4, 0.5) is 0 Å². The molecule has 0 aliphatic heterocycles. The summed E-state index contributed by atoms with van der Waals surface area (Å²) in [7, 11) is 0. The van der Waals surface area contributed by atoms with E-state index in [0.717, 1.165) is 73.1 Å². The number of nitriles is 1. The van der Waals surface area contributed by atoms with Gasteiger partial charge in [0.25, 0.3) is 0 Å². The van der Waals surface area contributed by atoms with Crippen molar-refractivity contribution in [2.24, 2.45) is 10.7 Å². The summed E-state index contributed by atoms with van der Waals surface area (Å²) in [6, 6.07) is 47.3. The van der Waals surface area contributed by atoms with Gasteiger partial charge in [-0.3, -0.25) is 0 Å². The third-order valence-electron chi connectivity index (χ3n) is 9.58. The lowest BCUT2D eigenvalue weighted by Crippen LogP contribution is -2.13. The summed E-state index contributed by atoms with van der Waals surface area (Å²) in [5.41, 5.74) is 15.0. The Hall–Kier alpha value is -6.82. The number of nitrogens with zero attached hydrogens (tertiary/aromatic N) is 3. The van der Waals surface area contributed by atoms with E-state index in [1.54, 1.807) is 6.07 Å². The van der Waals surface area contributed by atoms with Crippen molar-refractivity contribution < 1.29 is 4.42 Å². The van der Waals surface area contributed by atoms with Crippen LogP contribution in [0, 0.1) is 23.5 Å². The molecule has 0 bridgehead atoms. The summed E-state index contributed by atoms with van der Waals surface area (Å²) in [6.45, 7) is 0. The van der Waals surface area contributed by atoms with Gasteiger partial charge in [0.2, 0.25) is 0 Å². The molecule has 50 heavy (non-hydrogen) atoms. The number of hydrogen-bond donors (Lipinski definition) is 1. The molecule has 0 saturated carbocycles. The molecule has 2 aromatic heterocycles. The van der Waals surface area contributed by atoms with Gasteiger partial charge in [-0.15, -0.1) is 0 Å². The van der Waals surface area contributed by atoms with Crippen molar-refractivity contribution >= 4 is 71.7 Å².